The first kappa shape index (κ1) is 20.4. The molecule has 1 N–H and O–H groups in total. The lowest BCUT2D eigenvalue weighted by Crippen LogP contribution is -2.34. The summed E-state index contributed by atoms with van der Waals surface area (Å²) in [6, 6.07) is 10.3. The van der Waals surface area contributed by atoms with E-state index in [2.05, 4.69) is 5.32 Å². The predicted molar refractivity (Wildman–Crippen MR) is 97.6 cm³/mol. The number of amides is 2. The van der Waals surface area contributed by atoms with Crippen molar-refractivity contribution >= 4 is 11.8 Å². The summed E-state index contributed by atoms with van der Waals surface area (Å²) in [5.74, 6) is -1.82. The van der Waals surface area contributed by atoms with Crippen LogP contribution in [0.5, 0.6) is 5.75 Å². The van der Waals surface area contributed by atoms with E-state index in [-0.39, 0.29) is 24.4 Å². The topological polar surface area (TPSA) is 58.6 Å². The molecule has 2 aromatic carbocycles. The largest absolute Gasteiger partial charge is 0.492 e. The Morgan fingerprint density at radius 3 is 2.63 bits per heavy atom. The van der Waals surface area contributed by atoms with Crippen LogP contribution in [-0.2, 0) is 4.79 Å². The average molecular weight is 376 g/mol. The standard InChI is InChI=1S/C20H22F2N2O3/c1-14-4-3-5-16(12-14)27-11-10-24(2)19(25)8-9-23-20(26)17-7-6-15(21)13-18(17)22/h3-7,12-13H,8-11H2,1-2H3,(H,23,26). The van der Waals surface area contributed by atoms with Crippen molar-refractivity contribution in [2.75, 3.05) is 26.7 Å². The number of carbonyl (C=O) groups is 2. The summed E-state index contributed by atoms with van der Waals surface area (Å²) in [5, 5.41) is 2.45. The lowest BCUT2D eigenvalue weighted by Gasteiger charge is -2.18. The molecule has 0 saturated heterocycles. The number of halogens is 2. The molecule has 5 nitrogen and oxygen atoms in total. The minimum absolute atomic E-state index is 0.0531. The monoisotopic (exact) mass is 376 g/mol. The Bertz CT molecular complexity index is 812. The Kier molecular flexibility index (Phi) is 7.28. The fourth-order valence-corrected chi connectivity index (χ4v) is 2.37. The number of rotatable bonds is 8. The van der Waals surface area contributed by atoms with Gasteiger partial charge >= 0.3 is 0 Å². The van der Waals surface area contributed by atoms with E-state index in [0.717, 1.165) is 23.4 Å². The zero-order valence-electron chi connectivity index (χ0n) is 15.3. The summed E-state index contributed by atoms with van der Waals surface area (Å²) in [5.41, 5.74) is 0.828. The van der Waals surface area contributed by atoms with Crippen LogP contribution in [-0.4, -0.2) is 43.5 Å². The molecule has 2 rings (SSSR count). The number of carbonyl (C=O) groups excluding carboxylic acids is 2. The molecule has 0 aliphatic carbocycles. The molecule has 0 spiro atoms. The van der Waals surface area contributed by atoms with Gasteiger partial charge in [0.15, 0.2) is 0 Å². The maximum absolute atomic E-state index is 13.5. The van der Waals surface area contributed by atoms with Crippen LogP contribution in [0.15, 0.2) is 42.5 Å². The Morgan fingerprint density at radius 2 is 1.93 bits per heavy atom. The van der Waals surface area contributed by atoms with E-state index in [9.17, 15) is 18.4 Å². The zero-order chi connectivity index (χ0) is 19.8. The summed E-state index contributed by atoms with van der Waals surface area (Å²) in [4.78, 5) is 25.4. The summed E-state index contributed by atoms with van der Waals surface area (Å²) >= 11 is 0. The third-order valence-corrected chi connectivity index (χ3v) is 3.91. The lowest BCUT2D eigenvalue weighted by atomic mass is 10.2. The molecule has 7 heteroatoms. The smallest absolute Gasteiger partial charge is 0.254 e. The maximum Gasteiger partial charge on any atom is 0.254 e. The van der Waals surface area contributed by atoms with Crippen LogP contribution in [0.25, 0.3) is 0 Å². The maximum atomic E-state index is 13.5. The molecule has 0 saturated carbocycles. The molecule has 2 amide bonds. The number of nitrogens with zero attached hydrogens (tertiary/aromatic N) is 1. The number of hydrogen-bond donors (Lipinski definition) is 1. The highest BCUT2D eigenvalue weighted by Crippen LogP contribution is 2.12. The van der Waals surface area contributed by atoms with Crippen LogP contribution < -0.4 is 10.1 Å². The summed E-state index contributed by atoms with van der Waals surface area (Å²) in [7, 11) is 1.64. The van der Waals surface area contributed by atoms with Crippen LogP contribution in [0.2, 0.25) is 0 Å². The van der Waals surface area contributed by atoms with Crippen molar-refractivity contribution in [3.8, 4) is 5.75 Å². The first-order valence-corrected chi connectivity index (χ1v) is 8.53. The fraction of sp³-hybridized carbons (Fsp3) is 0.300. The van der Waals surface area contributed by atoms with Crippen LogP contribution >= 0.6 is 0 Å². The predicted octanol–water partition coefficient (Wildman–Crippen LogP) is 2.93. The SMILES string of the molecule is Cc1cccc(OCCN(C)C(=O)CCNC(=O)c2ccc(F)cc2F)c1. The molecular weight excluding hydrogens is 354 g/mol. The van der Waals surface area contributed by atoms with E-state index in [4.69, 9.17) is 4.74 Å². The highest BCUT2D eigenvalue weighted by atomic mass is 19.1. The van der Waals surface area contributed by atoms with Gasteiger partial charge in [-0.15, -0.1) is 0 Å². The van der Waals surface area contributed by atoms with Crippen LogP contribution in [0.1, 0.15) is 22.3 Å². The third kappa shape index (κ3) is 6.36. The summed E-state index contributed by atoms with van der Waals surface area (Å²) in [6.45, 7) is 2.76. The Balaban J connectivity index is 1.70. The summed E-state index contributed by atoms with van der Waals surface area (Å²) in [6.07, 6.45) is 0.0650. The fourth-order valence-electron chi connectivity index (χ4n) is 2.37. The van der Waals surface area contributed by atoms with Gasteiger partial charge in [0.1, 0.15) is 24.0 Å². The molecule has 0 unspecified atom stereocenters. The van der Waals surface area contributed by atoms with Gasteiger partial charge in [-0.1, -0.05) is 12.1 Å². The molecule has 27 heavy (non-hydrogen) atoms. The molecule has 0 atom stereocenters. The molecule has 2 aromatic rings. The number of aryl methyl sites for hydroxylation is 1. The van der Waals surface area contributed by atoms with E-state index in [0.29, 0.717) is 19.2 Å². The van der Waals surface area contributed by atoms with Crippen molar-refractivity contribution in [1.82, 2.24) is 10.2 Å². The number of benzene rings is 2. The van der Waals surface area contributed by atoms with E-state index < -0.39 is 17.5 Å². The quantitative estimate of drug-likeness (QED) is 0.771. The van der Waals surface area contributed by atoms with Gasteiger partial charge in [-0.3, -0.25) is 9.59 Å². The molecule has 0 heterocycles. The van der Waals surface area contributed by atoms with Gasteiger partial charge in [0.2, 0.25) is 5.91 Å². The highest BCUT2D eigenvalue weighted by Gasteiger charge is 2.14. The van der Waals surface area contributed by atoms with Crippen molar-refractivity contribution in [3.63, 3.8) is 0 Å². The second kappa shape index (κ2) is 9.66. The highest BCUT2D eigenvalue weighted by molar-refractivity contribution is 5.94. The molecule has 0 bridgehead atoms. The van der Waals surface area contributed by atoms with Crippen molar-refractivity contribution in [2.45, 2.75) is 13.3 Å². The van der Waals surface area contributed by atoms with Crippen LogP contribution in [0.3, 0.4) is 0 Å². The van der Waals surface area contributed by atoms with Gasteiger partial charge in [-0.25, -0.2) is 8.78 Å². The molecule has 0 radical (unpaired) electrons. The van der Waals surface area contributed by atoms with Crippen LogP contribution in [0, 0.1) is 18.6 Å². The Labute approximate surface area is 156 Å². The van der Waals surface area contributed by atoms with Crippen molar-refractivity contribution in [1.29, 1.82) is 0 Å². The van der Waals surface area contributed by atoms with Gasteiger partial charge < -0.3 is 15.0 Å². The normalized spacial score (nSPS) is 10.4. The second-order valence-electron chi connectivity index (χ2n) is 6.11. The minimum atomic E-state index is -0.941. The molecule has 144 valence electrons. The Morgan fingerprint density at radius 1 is 1.15 bits per heavy atom. The molecule has 0 aliphatic rings. The molecule has 0 aliphatic heterocycles. The van der Waals surface area contributed by atoms with E-state index >= 15 is 0 Å². The molecular formula is C20H22F2N2O3. The lowest BCUT2D eigenvalue weighted by molar-refractivity contribution is -0.130. The first-order chi connectivity index (χ1) is 12.9. The number of hydrogen-bond acceptors (Lipinski definition) is 3. The number of nitrogens with one attached hydrogen (secondary N) is 1. The van der Waals surface area contributed by atoms with Crippen molar-refractivity contribution in [2.24, 2.45) is 0 Å². The van der Waals surface area contributed by atoms with Gasteiger partial charge in [-0.2, -0.15) is 0 Å². The minimum Gasteiger partial charge on any atom is -0.492 e. The molecule has 0 aromatic heterocycles. The van der Waals surface area contributed by atoms with Gasteiger partial charge in [0, 0.05) is 26.1 Å². The van der Waals surface area contributed by atoms with Gasteiger partial charge in [-0.05, 0) is 36.8 Å². The first-order valence-electron chi connectivity index (χ1n) is 8.53. The van der Waals surface area contributed by atoms with Crippen LogP contribution in [0.4, 0.5) is 8.78 Å². The number of likely N-dealkylation sites (N-methyl/N-ethyl adjacent to an activating group) is 1. The third-order valence-electron chi connectivity index (χ3n) is 3.91. The zero-order valence-corrected chi connectivity index (χ0v) is 15.3. The van der Waals surface area contributed by atoms with Gasteiger partial charge in [0.25, 0.3) is 5.91 Å². The van der Waals surface area contributed by atoms with E-state index in [1.807, 2.05) is 31.2 Å². The Hall–Kier alpha value is -2.96. The second-order valence-corrected chi connectivity index (χ2v) is 6.11. The van der Waals surface area contributed by atoms with E-state index in [1.54, 1.807) is 7.05 Å². The van der Waals surface area contributed by atoms with E-state index in [1.165, 1.54) is 4.90 Å². The number of ether oxygens (including phenoxy) is 1. The average Bonchev–Trinajstić information content (AvgIpc) is 2.61. The van der Waals surface area contributed by atoms with Crippen molar-refractivity contribution < 1.29 is 23.1 Å². The summed E-state index contributed by atoms with van der Waals surface area (Å²) < 4.78 is 32.0. The van der Waals surface area contributed by atoms with Gasteiger partial charge in [0.05, 0.1) is 12.1 Å². The van der Waals surface area contributed by atoms with Crippen molar-refractivity contribution in [3.05, 3.63) is 65.2 Å². The molecule has 0 fully saturated rings.